The molecule has 4 aliphatic carbocycles. The van der Waals surface area contributed by atoms with E-state index in [9.17, 15) is 19.5 Å². The van der Waals surface area contributed by atoms with Gasteiger partial charge in [0.05, 0.1) is 29.4 Å². The molecular formula is C23H24ClN3O5. The number of carboxylic acids is 2. The van der Waals surface area contributed by atoms with E-state index in [0.29, 0.717) is 29.6 Å². The molecule has 6 rings (SSSR count). The van der Waals surface area contributed by atoms with Crippen molar-refractivity contribution in [2.24, 2.45) is 17.3 Å². The van der Waals surface area contributed by atoms with Crippen molar-refractivity contribution < 1.29 is 19.8 Å². The number of carbonyl (C=O) groups is 2. The van der Waals surface area contributed by atoms with Gasteiger partial charge in [-0.3, -0.25) is 9.59 Å². The van der Waals surface area contributed by atoms with E-state index in [1.807, 2.05) is 0 Å². The number of hydrogen-bond donors (Lipinski definition) is 3. The third kappa shape index (κ3) is 3.46. The van der Waals surface area contributed by atoms with Gasteiger partial charge in [-0.05, 0) is 80.0 Å². The van der Waals surface area contributed by atoms with Crippen LogP contribution >= 0.6 is 11.6 Å². The summed E-state index contributed by atoms with van der Waals surface area (Å²) in [4.78, 5) is 35.9. The fourth-order valence-corrected chi connectivity index (χ4v) is 7.06. The zero-order chi connectivity index (χ0) is 22.7. The smallest absolute Gasteiger partial charge is 0.335 e. The van der Waals surface area contributed by atoms with Gasteiger partial charge in [0.15, 0.2) is 0 Å². The molecule has 0 aliphatic heterocycles. The first kappa shape index (κ1) is 21.0. The predicted molar refractivity (Wildman–Crippen MR) is 118 cm³/mol. The Balaban J connectivity index is 1.46. The summed E-state index contributed by atoms with van der Waals surface area (Å²) in [7, 11) is 0. The number of anilines is 2. The number of halogens is 1. The molecule has 4 saturated carbocycles. The van der Waals surface area contributed by atoms with Crippen LogP contribution in [0.15, 0.2) is 35.3 Å². The van der Waals surface area contributed by atoms with Crippen molar-refractivity contribution in [3.05, 3.63) is 51.4 Å². The third-order valence-corrected chi connectivity index (χ3v) is 7.82. The number of aromatic carboxylic acids is 1. The highest BCUT2D eigenvalue weighted by atomic mass is 35.5. The molecule has 2 unspecified atom stereocenters. The fourth-order valence-electron chi connectivity index (χ4n) is 6.89. The van der Waals surface area contributed by atoms with Crippen molar-refractivity contribution >= 4 is 34.9 Å². The van der Waals surface area contributed by atoms with Crippen molar-refractivity contribution in [1.82, 2.24) is 9.78 Å². The number of carboxylic acid groups (broad SMARTS) is 2. The van der Waals surface area contributed by atoms with Gasteiger partial charge in [-0.2, -0.15) is 5.10 Å². The molecule has 3 N–H and O–H groups in total. The SMILES string of the molecule is O=C(O)CC12CC3CC(C1)CC(n1ncc(Nc4ccc(C(=O)O)cc4)c(Cl)c1=O)(C3)C2. The van der Waals surface area contributed by atoms with Gasteiger partial charge >= 0.3 is 11.9 Å². The molecule has 0 radical (unpaired) electrons. The second-order valence-corrected chi connectivity index (χ2v) is 10.2. The van der Waals surface area contributed by atoms with Crippen LogP contribution in [0.3, 0.4) is 0 Å². The van der Waals surface area contributed by atoms with E-state index < -0.39 is 17.5 Å². The first-order valence-corrected chi connectivity index (χ1v) is 11.2. The zero-order valence-corrected chi connectivity index (χ0v) is 18.1. The highest BCUT2D eigenvalue weighted by molar-refractivity contribution is 6.33. The van der Waals surface area contributed by atoms with Crippen molar-refractivity contribution in [2.75, 3.05) is 5.32 Å². The Morgan fingerprint density at radius 1 is 1.12 bits per heavy atom. The Morgan fingerprint density at radius 2 is 1.78 bits per heavy atom. The summed E-state index contributed by atoms with van der Waals surface area (Å²) in [6, 6.07) is 6.12. The summed E-state index contributed by atoms with van der Waals surface area (Å²) in [6.07, 6.45) is 6.88. The van der Waals surface area contributed by atoms with E-state index in [1.165, 1.54) is 23.0 Å². The lowest BCUT2D eigenvalue weighted by atomic mass is 9.46. The Bertz CT molecular complexity index is 1150. The quantitative estimate of drug-likeness (QED) is 0.596. The summed E-state index contributed by atoms with van der Waals surface area (Å²) in [6.45, 7) is 0. The molecule has 168 valence electrons. The summed E-state index contributed by atoms with van der Waals surface area (Å²) >= 11 is 6.47. The highest BCUT2D eigenvalue weighted by Crippen LogP contribution is 2.65. The zero-order valence-electron chi connectivity index (χ0n) is 17.4. The molecule has 0 amide bonds. The molecule has 32 heavy (non-hydrogen) atoms. The van der Waals surface area contributed by atoms with Crippen LogP contribution < -0.4 is 10.9 Å². The molecule has 4 aliphatic rings. The number of aromatic nitrogens is 2. The maximum Gasteiger partial charge on any atom is 0.335 e. The number of nitrogens with zero attached hydrogens (tertiary/aromatic N) is 2. The van der Waals surface area contributed by atoms with Gasteiger partial charge in [0, 0.05) is 5.69 Å². The third-order valence-electron chi connectivity index (χ3n) is 7.46. The number of hydrogen-bond acceptors (Lipinski definition) is 5. The fraction of sp³-hybridized carbons (Fsp3) is 0.478. The number of rotatable bonds is 6. The van der Waals surface area contributed by atoms with Gasteiger partial charge < -0.3 is 15.5 Å². The first-order chi connectivity index (χ1) is 15.2. The summed E-state index contributed by atoms with van der Waals surface area (Å²) < 4.78 is 1.52. The van der Waals surface area contributed by atoms with E-state index in [0.717, 1.165) is 32.1 Å². The van der Waals surface area contributed by atoms with Gasteiger partial charge in [0.25, 0.3) is 5.56 Å². The lowest BCUT2D eigenvalue weighted by Crippen LogP contribution is -2.59. The molecule has 4 bridgehead atoms. The number of benzene rings is 1. The minimum atomic E-state index is -1.02. The average Bonchev–Trinajstić information content (AvgIpc) is 2.69. The van der Waals surface area contributed by atoms with Crippen LogP contribution in [0.25, 0.3) is 0 Å². The monoisotopic (exact) mass is 457 g/mol. The van der Waals surface area contributed by atoms with Gasteiger partial charge in [-0.25, -0.2) is 9.48 Å². The normalized spacial score (nSPS) is 30.3. The van der Waals surface area contributed by atoms with Crippen LogP contribution in [0.1, 0.15) is 55.3 Å². The van der Waals surface area contributed by atoms with Crippen LogP contribution in [0, 0.1) is 17.3 Å². The molecule has 1 aromatic carbocycles. The molecule has 4 fully saturated rings. The second kappa shape index (κ2) is 7.33. The Labute approximate surface area is 189 Å². The van der Waals surface area contributed by atoms with Crippen molar-refractivity contribution in [2.45, 2.75) is 50.5 Å². The maximum atomic E-state index is 13.3. The topological polar surface area (TPSA) is 122 Å². The molecule has 2 aromatic rings. The lowest BCUT2D eigenvalue weighted by Gasteiger charge is -2.61. The standard InChI is InChI=1S/C23H24ClN3O5/c24-19-17(26-16-3-1-15(2-4-16)21(31)32)11-25-27(20(19)30)23-8-13-5-14(9-23)7-22(6-13,12-23)10-18(28)29/h1-4,11,13-14,26H,5-10,12H2,(H,28,29)(H,31,32). The Morgan fingerprint density at radius 3 is 2.38 bits per heavy atom. The molecule has 1 aromatic heterocycles. The minimum absolute atomic E-state index is 0.0188. The van der Waals surface area contributed by atoms with Gasteiger partial charge in [-0.15, -0.1) is 0 Å². The summed E-state index contributed by atoms with van der Waals surface area (Å²) in [5.41, 5.74) is -0.0422. The summed E-state index contributed by atoms with van der Waals surface area (Å²) in [5.74, 6) is -0.980. The minimum Gasteiger partial charge on any atom is -0.481 e. The predicted octanol–water partition coefficient (Wildman–Crippen LogP) is 4.11. The van der Waals surface area contributed by atoms with Crippen LogP contribution in [0.5, 0.6) is 0 Å². The largest absolute Gasteiger partial charge is 0.481 e. The second-order valence-electron chi connectivity index (χ2n) is 9.85. The average molecular weight is 458 g/mol. The van der Waals surface area contributed by atoms with E-state index in [1.54, 1.807) is 12.1 Å². The lowest BCUT2D eigenvalue weighted by molar-refractivity contribution is -0.151. The van der Waals surface area contributed by atoms with Crippen molar-refractivity contribution in [3.8, 4) is 0 Å². The number of nitrogens with one attached hydrogen (secondary N) is 1. The molecule has 2 atom stereocenters. The first-order valence-electron chi connectivity index (χ1n) is 10.8. The molecule has 9 heteroatoms. The van der Waals surface area contributed by atoms with Crippen LogP contribution in [-0.2, 0) is 10.3 Å². The molecule has 0 spiro atoms. The maximum absolute atomic E-state index is 13.3. The van der Waals surface area contributed by atoms with Crippen LogP contribution in [0.2, 0.25) is 5.02 Å². The summed E-state index contributed by atoms with van der Waals surface area (Å²) in [5, 5.41) is 26.1. The van der Waals surface area contributed by atoms with Gasteiger partial charge in [-0.1, -0.05) is 11.6 Å². The molecular weight excluding hydrogens is 434 g/mol. The van der Waals surface area contributed by atoms with E-state index in [-0.39, 0.29) is 28.0 Å². The Hall–Kier alpha value is -2.87. The van der Waals surface area contributed by atoms with Crippen LogP contribution in [-0.4, -0.2) is 31.9 Å². The molecule has 1 heterocycles. The number of aliphatic carboxylic acids is 1. The van der Waals surface area contributed by atoms with E-state index >= 15 is 0 Å². The van der Waals surface area contributed by atoms with E-state index in [4.69, 9.17) is 16.7 Å². The van der Waals surface area contributed by atoms with Crippen molar-refractivity contribution in [1.29, 1.82) is 0 Å². The van der Waals surface area contributed by atoms with Gasteiger partial charge in [0.2, 0.25) is 0 Å². The van der Waals surface area contributed by atoms with Crippen molar-refractivity contribution in [3.63, 3.8) is 0 Å². The van der Waals surface area contributed by atoms with E-state index in [2.05, 4.69) is 10.4 Å². The highest BCUT2D eigenvalue weighted by Gasteiger charge is 2.59. The molecule has 8 nitrogen and oxygen atoms in total. The molecule has 0 saturated heterocycles. The van der Waals surface area contributed by atoms with Gasteiger partial charge in [0.1, 0.15) is 5.02 Å². The Kier molecular flexibility index (Phi) is 4.81. The van der Waals surface area contributed by atoms with Crippen LogP contribution in [0.4, 0.5) is 11.4 Å².